The molecule has 1 aliphatic rings. The lowest BCUT2D eigenvalue weighted by Crippen LogP contribution is -2.19. The zero-order chi connectivity index (χ0) is 19.2. The normalized spacial score (nSPS) is 16.6. The molecule has 1 N–H and O–H groups in total. The smallest absolute Gasteiger partial charge is 0.264 e. The topological polar surface area (TPSA) is 59.9 Å². The quantitative estimate of drug-likeness (QED) is 0.745. The summed E-state index contributed by atoms with van der Waals surface area (Å²) in [4.78, 5) is 17.4. The van der Waals surface area contributed by atoms with Crippen LogP contribution in [-0.2, 0) is 11.2 Å². The highest BCUT2D eigenvalue weighted by molar-refractivity contribution is 8.18. The van der Waals surface area contributed by atoms with Crippen LogP contribution in [0.3, 0.4) is 0 Å². The monoisotopic (exact) mass is 382 g/mol. The molecule has 1 amide bonds. The van der Waals surface area contributed by atoms with E-state index in [1.807, 2.05) is 55.5 Å². The number of nitrogens with zero attached hydrogens (tertiary/aromatic N) is 1. The Hall–Kier alpha value is -2.73. The minimum atomic E-state index is -0.156. The van der Waals surface area contributed by atoms with Crippen molar-refractivity contribution in [2.24, 2.45) is 4.99 Å². The number of methoxy groups -OCH3 is 1. The van der Waals surface area contributed by atoms with E-state index >= 15 is 0 Å². The molecule has 0 saturated carbocycles. The van der Waals surface area contributed by atoms with E-state index in [-0.39, 0.29) is 5.91 Å². The van der Waals surface area contributed by atoms with Crippen molar-refractivity contribution < 1.29 is 14.3 Å². The molecule has 0 spiro atoms. The van der Waals surface area contributed by atoms with Crippen molar-refractivity contribution in [3.63, 3.8) is 0 Å². The van der Waals surface area contributed by atoms with Gasteiger partial charge in [-0.3, -0.25) is 4.79 Å². The molecule has 2 aromatic rings. The molecule has 0 aromatic heterocycles. The number of hydrogen-bond acceptors (Lipinski definition) is 5. The average molecular weight is 382 g/mol. The maximum atomic E-state index is 12.3. The van der Waals surface area contributed by atoms with E-state index in [0.717, 1.165) is 17.7 Å². The Labute approximate surface area is 163 Å². The lowest BCUT2D eigenvalue weighted by atomic mass is 10.2. The van der Waals surface area contributed by atoms with Gasteiger partial charge in [0.25, 0.3) is 5.91 Å². The molecule has 0 unspecified atom stereocenters. The van der Waals surface area contributed by atoms with Crippen LogP contribution in [-0.4, -0.2) is 24.8 Å². The summed E-state index contributed by atoms with van der Waals surface area (Å²) in [5.74, 6) is 1.17. The second-order valence-corrected chi connectivity index (χ2v) is 6.88. The molecule has 1 aliphatic heterocycles. The number of amidine groups is 1. The molecule has 3 rings (SSSR count). The fourth-order valence-electron chi connectivity index (χ4n) is 2.60. The number of aryl methyl sites for hydroxylation is 1. The standard InChI is InChI=1S/C21H22N2O3S/c1-4-14-6-9-16(10-7-14)22-21-23-20(24)19(27-21)13-15-8-11-17(26-5-2)18(12-15)25-3/h6-13H,4-5H2,1-3H3,(H,22,23,24)/b19-13-. The van der Waals surface area contributed by atoms with Crippen molar-refractivity contribution in [1.82, 2.24) is 5.32 Å². The number of aliphatic imine (C=N–C) groups is 1. The van der Waals surface area contributed by atoms with Crippen LogP contribution in [0.15, 0.2) is 52.4 Å². The number of benzene rings is 2. The third kappa shape index (κ3) is 4.71. The summed E-state index contributed by atoms with van der Waals surface area (Å²) >= 11 is 1.32. The summed E-state index contributed by atoms with van der Waals surface area (Å²) in [5, 5.41) is 3.39. The molecular weight excluding hydrogens is 360 g/mol. The lowest BCUT2D eigenvalue weighted by molar-refractivity contribution is -0.115. The van der Waals surface area contributed by atoms with Crippen molar-refractivity contribution in [2.45, 2.75) is 20.3 Å². The minimum absolute atomic E-state index is 0.156. The van der Waals surface area contributed by atoms with E-state index in [1.165, 1.54) is 17.3 Å². The number of nitrogens with one attached hydrogen (secondary N) is 1. The van der Waals surface area contributed by atoms with Crippen molar-refractivity contribution in [3.8, 4) is 11.5 Å². The van der Waals surface area contributed by atoms with Gasteiger partial charge in [-0.25, -0.2) is 4.99 Å². The molecular formula is C21H22N2O3S. The summed E-state index contributed by atoms with van der Waals surface area (Å²) in [6.45, 7) is 4.60. The largest absolute Gasteiger partial charge is 0.493 e. The van der Waals surface area contributed by atoms with E-state index in [2.05, 4.69) is 17.2 Å². The summed E-state index contributed by atoms with van der Waals surface area (Å²) in [6, 6.07) is 13.6. The first-order valence-electron chi connectivity index (χ1n) is 8.82. The van der Waals surface area contributed by atoms with Gasteiger partial charge in [0, 0.05) is 0 Å². The van der Waals surface area contributed by atoms with Crippen LogP contribution in [0.2, 0.25) is 0 Å². The molecule has 0 bridgehead atoms. The zero-order valence-corrected chi connectivity index (χ0v) is 16.4. The fraction of sp³-hybridized carbons (Fsp3) is 0.238. The third-order valence-electron chi connectivity index (χ3n) is 4.01. The minimum Gasteiger partial charge on any atom is -0.493 e. The molecule has 0 atom stereocenters. The maximum absolute atomic E-state index is 12.3. The van der Waals surface area contributed by atoms with Gasteiger partial charge >= 0.3 is 0 Å². The molecule has 1 fully saturated rings. The van der Waals surface area contributed by atoms with Crippen LogP contribution in [0.4, 0.5) is 5.69 Å². The van der Waals surface area contributed by atoms with E-state index < -0.39 is 0 Å². The van der Waals surface area contributed by atoms with Gasteiger partial charge in [0.15, 0.2) is 16.7 Å². The van der Waals surface area contributed by atoms with Crippen LogP contribution in [0, 0.1) is 0 Å². The van der Waals surface area contributed by atoms with Gasteiger partial charge in [0.2, 0.25) is 0 Å². The second-order valence-electron chi connectivity index (χ2n) is 5.85. The number of amides is 1. The Kier molecular flexibility index (Phi) is 6.19. The summed E-state index contributed by atoms with van der Waals surface area (Å²) in [6.07, 6.45) is 2.81. The van der Waals surface area contributed by atoms with Gasteiger partial charge in [-0.05, 0) is 66.6 Å². The van der Waals surface area contributed by atoms with Gasteiger partial charge in [0.1, 0.15) is 0 Å². The Morgan fingerprint density at radius 3 is 2.56 bits per heavy atom. The Bertz CT molecular complexity index is 889. The molecule has 27 heavy (non-hydrogen) atoms. The Balaban J connectivity index is 1.79. The molecule has 6 heteroatoms. The number of ether oxygens (including phenoxy) is 2. The van der Waals surface area contributed by atoms with Gasteiger partial charge in [-0.1, -0.05) is 25.1 Å². The fourth-order valence-corrected chi connectivity index (χ4v) is 3.45. The molecule has 0 aliphatic carbocycles. The highest BCUT2D eigenvalue weighted by Gasteiger charge is 2.24. The van der Waals surface area contributed by atoms with Crippen molar-refractivity contribution in [2.75, 3.05) is 13.7 Å². The SMILES string of the molecule is CCOc1ccc(/C=C2\SC(=Nc3ccc(CC)cc3)NC2=O)cc1OC. The number of hydrogen-bond donors (Lipinski definition) is 1. The Morgan fingerprint density at radius 1 is 1.11 bits per heavy atom. The third-order valence-corrected chi connectivity index (χ3v) is 4.92. The second kappa shape index (κ2) is 8.77. The van der Waals surface area contributed by atoms with Crippen LogP contribution < -0.4 is 14.8 Å². The first-order valence-corrected chi connectivity index (χ1v) is 9.64. The van der Waals surface area contributed by atoms with Crippen molar-refractivity contribution >= 4 is 34.6 Å². The predicted molar refractivity (Wildman–Crippen MR) is 111 cm³/mol. The maximum Gasteiger partial charge on any atom is 0.264 e. The van der Waals surface area contributed by atoms with E-state index in [0.29, 0.717) is 28.2 Å². The highest BCUT2D eigenvalue weighted by Crippen LogP contribution is 2.32. The average Bonchev–Trinajstić information content (AvgIpc) is 3.02. The number of thioether (sulfide) groups is 1. The molecule has 2 aromatic carbocycles. The molecule has 5 nitrogen and oxygen atoms in total. The number of carbonyl (C=O) groups excluding carboxylic acids is 1. The first-order chi connectivity index (χ1) is 13.1. The van der Waals surface area contributed by atoms with Gasteiger partial charge in [-0.2, -0.15) is 0 Å². The lowest BCUT2D eigenvalue weighted by Gasteiger charge is -2.09. The zero-order valence-electron chi connectivity index (χ0n) is 15.6. The van der Waals surface area contributed by atoms with Crippen molar-refractivity contribution in [3.05, 3.63) is 58.5 Å². The van der Waals surface area contributed by atoms with Gasteiger partial charge in [-0.15, -0.1) is 0 Å². The van der Waals surface area contributed by atoms with Crippen LogP contribution >= 0.6 is 11.8 Å². The van der Waals surface area contributed by atoms with Gasteiger partial charge in [0.05, 0.1) is 24.3 Å². The van der Waals surface area contributed by atoms with Crippen LogP contribution in [0.1, 0.15) is 25.0 Å². The number of carbonyl (C=O) groups is 1. The van der Waals surface area contributed by atoms with Crippen LogP contribution in [0.5, 0.6) is 11.5 Å². The van der Waals surface area contributed by atoms with Crippen LogP contribution in [0.25, 0.3) is 6.08 Å². The molecule has 140 valence electrons. The molecule has 1 heterocycles. The first kappa shape index (κ1) is 19.0. The van der Waals surface area contributed by atoms with E-state index in [4.69, 9.17) is 9.47 Å². The molecule has 0 radical (unpaired) electrons. The number of rotatable bonds is 6. The Morgan fingerprint density at radius 2 is 1.89 bits per heavy atom. The summed E-state index contributed by atoms with van der Waals surface area (Å²) < 4.78 is 10.9. The molecule has 1 saturated heterocycles. The summed E-state index contributed by atoms with van der Waals surface area (Å²) in [5.41, 5.74) is 2.94. The van der Waals surface area contributed by atoms with Gasteiger partial charge < -0.3 is 14.8 Å². The highest BCUT2D eigenvalue weighted by atomic mass is 32.2. The van der Waals surface area contributed by atoms with E-state index in [1.54, 1.807) is 7.11 Å². The summed E-state index contributed by atoms with van der Waals surface area (Å²) in [7, 11) is 1.60. The van der Waals surface area contributed by atoms with E-state index in [9.17, 15) is 4.79 Å². The predicted octanol–water partition coefficient (Wildman–Crippen LogP) is 4.55. The van der Waals surface area contributed by atoms with Crippen molar-refractivity contribution in [1.29, 1.82) is 0 Å².